The molecule has 28 heavy (non-hydrogen) atoms. The van der Waals surface area contributed by atoms with Crippen LogP contribution in [0.3, 0.4) is 0 Å². The van der Waals surface area contributed by atoms with E-state index >= 15 is 0 Å². The SMILES string of the molecule is OCc1ccc(OCCOc2ccccc2)cc1OCCOc1ccccc1. The third kappa shape index (κ3) is 6.21. The molecule has 0 amide bonds. The summed E-state index contributed by atoms with van der Waals surface area (Å²) in [6, 6.07) is 24.5. The average molecular weight is 380 g/mol. The van der Waals surface area contributed by atoms with Crippen LogP contribution in [0.15, 0.2) is 78.9 Å². The molecule has 0 saturated heterocycles. The zero-order chi connectivity index (χ0) is 19.4. The van der Waals surface area contributed by atoms with Crippen molar-refractivity contribution in [3.8, 4) is 23.0 Å². The van der Waals surface area contributed by atoms with Gasteiger partial charge in [0.1, 0.15) is 49.4 Å². The highest BCUT2D eigenvalue weighted by Gasteiger charge is 2.06. The number of aliphatic hydroxyl groups excluding tert-OH is 1. The van der Waals surface area contributed by atoms with E-state index in [0.29, 0.717) is 43.5 Å². The Bertz CT molecular complexity index is 821. The highest BCUT2D eigenvalue weighted by atomic mass is 16.5. The predicted molar refractivity (Wildman–Crippen MR) is 107 cm³/mol. The number of rotatable bonds is 11. The van der Waals surface area contributed by atoms with Crippen molar-refractivity contribution in [2.24, 2.45) is 0 Å². The molecule has 146 valence electrons. The molecule has 5 nitrogen and oxygen atoms in total. The Kier molecular flexibility index (Phi) is 7.58. The first-order chi connectivity index (χ1) is 13.8. The fourth-order valence-corrected chi connectivity index (χ4v) is 2.55. The second-order valence-corrected chi connectivity index (χ2v) is 5.95. The van der Waals surface area contributed by atoms with Gasteiger partial charge in [-0.05, 0) is 36.4 Å². The lowest BCUT2D eigenvalue weighted by atomic mass is 10.2. The summed E-state index contributed by atoms with van der Waals surface area (Å²) in [6.45, 7) is 1.51. The zero-order valence-corrected chi connectivity index (χ0v) is 15.6. The molecule has 0 unspecified atom stereocenters. The molecule has 0 heterocycles. The van der Waals surface area contributed by atoms with Gasteiger partial charge in [0.2, 0.25) is 0 Å². The second kappa shape index (κ2) is 10.8. The fourth-order valence-electron chi connectivity index (χ4n) is 2.55. The summed E-state index contributed by atoms with van der Waals surface area (Å²) in [5.41, 5.74) is 0.701. The molecule has 0 atom stereocenters. The zero-order valence-electron chi connectivity index (χ0n) is 15.6. The summed E-state index contributed by atoms with van der Waals surface area (Å²) in [5.74, 6) is 2.85. The van der Waals surface area contributed by atoms with Crippen LogP contribution >= 0.6 is 0 Å². The molecule has 5 heteroatoms. The standard InChI is InChI=1S/C23H24O5/c24-18-19-11-12-22(27-14-13-25-20-7-3-1-4-8-20)17-23(19)28-16-15-26-21-9-5-2-6-10-21/h1-12,17,24H,13-16,18H2. The van der Waals surface area contributed by atoms with E-state index in [0.717, 1.165) is 11.5 Å². The van der Waals surface area contributed by atoms with Gasteiger partial charge in [-0.1, -0.05) is 36.4 Å². The first-order valence-electron chi connectivity index (χ1n) is 9.20. The molecule has 3 aromatic rings. The molecule has 0 fully saturated rings. The number of benzene rings is 3. The highest BCUT2D eigenvalue weighted by molar-refractivity contribution is 5.40. The Labute approximate surface area is 165 Å². The lowest BCUT2D eigenvalue weighted by Gasteiger charge is -2.14. The molecule has 0 aliphatic rings. The van der Waals surface area contributed by atoms with E-state index in [-0.39, 0.29) is 6.61 Å². The van der Waals surface area contributed by atoms with E-state index in [1.807, 2.05) is 60.7 Å². The third-order valence-electron chi connectivity index (χ3n) is 3.93. The molecule has 3 rings (SSSR count). The summed E-state index contributed by atoms with van der Waals surface area (Å²) in [7, 11) is 0. The molecule has 0 bridgehead atoms. The topological polar surface area (TPSA) is 57.2 Å². The third-order valence-corrected chi connectivity index (χ3v) is 3.93. The molecular weight excluding hydrogens is 356 g/mol. The van der Waals surface area contributed by atoms with Crippen LogP contribution in [0.2, 0.25) is 0 Å². The Morgan fingerprint density at radius 3 is 1.57 bits per heavy atom. The van der Waals surface area contributed by atoms with Crippen molar-refractivity contribution in [3.05, 3.63) is 84.4 Å². The van der Waals surface area contributed by atoms with E-state index in [1.54, 1.807) is 18.2 Å². The van der Waals surface area contributed by atoms with Crippen molar-refractivity contribution in [1.29, 1.82) is 0 Å². The van der Waals surface area contributed by atoms with Crippen LogP contribution in [0.4, 0.5) is 0 Å². The molecule has 0 saturated carbocycles. The van der Waals surface area contributed by atoms with E-state index in [9.17, 15) is 5.11 Å². The number of hydrogen-bond acceptors (Lipinski definition) is 5. The van der Waals surface area contributed by atoms with Crippen LogP contribution in [0.1, 0.15) is 5.56 Å². The van der Waals surface area contributed by atoms with Gasteiger partial charge in [0.15, 0.2) is 0 Å². The lowest BCUT2D eigenvalue weighted by molar-refractivity contribution is 0.204. The highest BCUT2D eigenvalue weighted by Crippen LogP contribution is 2.25. The minimum atomic E-state index is -0.105. The summed E-state index contributed by atoms with van der Waals surface area (Å²) < 4.78 is 22.7. The average Bonchev–Trinajstić information content (AvgIpc) is 2.76. The quantitative estimate of drug-likeness (QED) is 0.508. The van der Waals surface area contributed by atoms with Crippen LogP contribution in [0.25, 0.3) is 0 Å². The Morgan fingerprint density at radius 2 is 1.04 bits per heavy atom. The largest absolute Gasteiger partial charge is 0.490 e. The predicted octanol–water partition coefficient (Wildman–Crippen LogP) is 4.09. The second-order valence-electron chi connectivity index (χ2n) is 5.95. The van der Waals surface area contributed by atoms with Crippen molar-refractivity contribution in [3.63, 3.8) is 0 Å². The molecule has 1 N–H and O–H groups in total. The van der Waals surface area contributed by atoms with Crippen molar-refractivity contribution in [2.75, 3.05) is 26.4 Å². The van der Waals surface area contributed by atoms with Crippen molar-refractivity contribution in [2.45, 2.75) is 6.61 Å². The van der Waals surface area contributed by atoms with Crippen LogP contribution in [0, 0.1) is 0 Å². The van der Waals surface area contributed by atoms with E-state index in [2.05, 4.69) is 0 Å². The maximum atomic E-state index is 9.51. The van der Waals surface area contributed by atoms with Crippen molar-refractivity contribution >= 4 is 0 Å². The van der Waals surface area contributed by atoms with Crippen LogP contribution in [-0.4, -0.2) is 31.5 Å². The van der Waals surface area contributed by atoms with Gasteiger partial charge in [-0.2, -0.15) is 0 Å². The molecule has 0 spiro atoms. The van der Waals surface area contributed by atoms with Gasteiger partial charge in [0, 0.05) is 11.6 Å². The summed E-state index contributed by atoms with van der Waals surface area (Å²) in [4.78, 5) is 0. The number of para-hydroxylation sites is 2. The molecule has 0 radical (unpaired) electrons. The Hall–Kier alpha value is -3.18. The maximum Gasteiger partial charge on any atom is 0.128 e. The molecular formula is C23H24O5. The number of ether oxygens (including phenoxy) is 4. The van der Waals surface area contributed by atoms with Crippen molar-refractivity contribution < 1.29 is 24.1 Å². The van der Waals surface area contributed by atoms with Crippen LogP contribution in [0.5, 0.6) is 23.0 Å². The van der Waals surface area contributed by atoms with Gasteiger partial charge in [0.25, 0.3) is 0 Å². The van der Waals surface area contributed by atoms with Crippen LogP contribution < -0.4 is 18.9 Å². The molecule has 0 aliphatic carbocycles. The number of aliphatic hydroxyl groups is 1. The van der Waals surface area contributed by atoms with Gasteiger partial charge in [-0.15, -0.1) is 0 Å². The molecule has 3 aromatic carbocycles. The summed E-state index contributed by atoms with van der Waals surface area (Å²) >= 11 is 0. The van der Waals surface area contributed by atoms with Gasteiger partial charge in [-0.25, -0.2) is 0 Å². The minimum absolute atomic E-state index is 0.105. The smallest absolute Gasteiger partial charge is 0.128 e. The van der Waals surface area contributed by atoms with E-state index < -0.39 is 0 Å². The maximum absolute atomic E-state index is 9.51. The normalized spacial score (nSPS) is 10.3. The fraction of sp³-hybridized carbons (Fsp3) is 0.217. The first-order valence-corrected chi connectivity index (χ1v) is 9.20. The van der Waals surface area contributed by atoms with Gasteiger partial charge >= 0.3 is 0 Å². The van der Waals surface area contributed by atoms with Gasteiger partial charge < -0.3 is 24.1 Å². The molecule has 0 aliphatic heterocycles. The Morgan fingerprint density at radius 1 is 0.536 bits per heavy atom. The van der Waals surface area contributed by atoms with Gasteiger partial charge in [0.05, 0.1) is 6.61 Å². The summed E-state index contributed by atoms with van der Waals surface area (Å²) in [6.07, 6.45) is 0. The van der Waals surface area contributed by atoms with Crippen molar-refractivity contribution in [1.82, 2.24) is 0 Å². The number of hydrogen-bond donors (Lipinski definition) is 1. The van der Waals surface area contributed by atoms with Gasteiger partial charge in [-0.3, -0.25) is 0 Å². The van der Waals surface area contributed by atoms with Crippen LogP contribution in [-0.2, 0) is 6.61 Å². The monoisotopic (exact) mass is 380 g/mol. The molecule has 0 aromatic heterocycles. The van der Waals surface area contributed by atoms with E-state index in [4.69, 9.17) is 18.9 Å². The minimum Gasteiger partial charge on any atom is -0.490 e. The Balaban J connectivity index is 1.45. The lowest BCUT2D eigenvalue weighted by Crippen LogP contribution is -2.11. The van der Waals surface area contributed by atoms with E-state index in [1.165, 1.54) is 0 Å². The summed E-state index contributed by atoms with van der Waals surface area (Å²) in [5, 5.41) is 9.51. The first kappa shape index (κ1) is 19.6.